The Bertz CT molecular complexity index is 1350. The van der Waals surface area contributed by atoms with Gasteiger partial charge in [0.25, 0.3) is 15.9 Å². The first-order valence-corrected chi connectivity index (χ1v) is 13.0. The molecule has 2 aromatic carbocycles. The minimum Gasteiger partial charge on any atom is -0.421 e. The number of thiophene rings is 1. The Labute approximate surface area is 197 Å². The number of halogens is 1. The van der Waals surface area contributed by atoms with E-state index in [1.807, 2.05) is 30.3 Å². The van der Waals surface area contributed by atoms with Gasteiger partial charge in [-0.3, -0.25) is 4.79 Å². The molecule has 0 saturated heterocycles. The van der Waals surface area contributed by atoms with Crippen molar-refractivity contribution in [3.8, 4) is 11.5 Å². The highest BCUT2D eigenvalue weighted by Gasteiger charge is 2.26. The van der Waals surface area contributed by atoms with Gasteiger partial charge in [-0.15, -0.1) is 33.3 Å². The summed E-state index contributed by atoms with van der Waals surface area (Å²) in [5.74, 6) is 0.212. The van der Waals surface area contributed by atoms with E-state index in [1.165, 1.54) is 23.9 Å². The van der Waals surface area contributed by atoms with Crippen LogP contribution in [0.15, 0.2) is 74.2 Å². The molecule has 0 aliphatic carbocycles. The van der Waals surface area contributed by atoms with Gasteiger partial charge in [0.15, 0.2) is 0 Å². The second-order valence-electron chi connectivity index (χ2n) is 6.59. The number of hydrogen-bond acceptors (Lipinski definition) is 8. The lowest BCUT2D eigenvalue weighted by molar-refractivity contribution is 0.0985. The molecule has 0 atom stereocenters. The zero-order valence-corrected chi connectivity index (χ0v) is 19.8. The fourth-order valence-corrected chi connectivity index (χ4v) is 6.27. The Kier molecular flexibility index (Phi) is 6.66. The van der Waals surface area contributed by atoms with Crippen molar-refractivity contribution < 1.29 is 17.6 Å². The van der Waals surface area contributed by atoms with E-state index >= 15 is 0 Å². The highest BCUT2D eigenvalue weighted by Crippen LogP contribution is 2.37. The van der Waals surface area contributed by atoms with Crippen LogP contribution in [0, 0.1) is 6.92 Å². The molecule has 11 heteroatoms. The molecule has 4 rings (SSSR count). The van der Waals surface area contributed by atoms with E-state index in [1.54, 1.807) is 24.4 Å². The zero-order valence-electron chi connectivity index (χ0n) is 16.6. The Morgan fingerprint density at radius 3 is 2.59 bits per heavy atom. The van der Waals surface area contributed by atoms with Crippen molar-refractivity contribution in [3.05, 3.63) is 81.3 Å². The first-order chi connectivity index (χ1) is 15.3. The van der Waals surface area contributed by atoms with Crippen LogP contribution in [0.2, 0.25) is 5.02 Å². The van der Waals surface area contributed by atoms with Gasteiger partial charge in [-0.05, 0) is 29.1 Å². The van der Waals surface area contributed by atoms with Crippen LogP contribution in [0.5, 0.6) is 0 Å². The van der Waals surface area contributed by atoms with E-state index in [0.717, 1.165) is 16.9 Å². The third-order valence-electron chi connectivity index (χ3n) is 4.29. The van der Waals surface area contributed by atoms with Crippen LogP contribution in [0.25, 0.3) is 11.5 Å². The Balaban J connectivity index is 1.74. The Morgan fingerprint density at radius 1 is 1.16 bits per heavy atom. The third-order valence-corrected chi connectivity index (χ3v) is 8.10. The van der Waals surface area contributed by atoms with E-state index < -0.39 is 15.9 Å². The lowest BCUT2D eigenvalue weighted by atomic mass is 10.2. The van der Waals surface area contributed by atoms with Crippen LogP contribution in [-0.2, 0) is 15.8 Å². The average molecular weight is 506 g/mol. The van der Waals surface area contributed by atoms with Crippen molar-refractivity contribution in [1.82, 2.24) is 14.9 Å². The van der Waals surface area contributed by atoms with Gasteiger partial charge < -0.3 is 4.42 Å². The lowest BCUT2D eigenvalue weighted by Gasteiger charge is -2.13. The molecule has 1 amide bonds. The maximum Gasteiger partial charge on any atom is 0.275 e. The summed E-state index contributed by atoms with van der Waals surface area (Å²) in [5, 5.41) is 9.67. The first-order valence-electron chi connectivity index (χ1n) is 9.25. The number of aryl methyl sites for hydroxylation is 1. The van der Waals surface area contributed by atoms with E-state index in [-0.39, 0.29) is 26.2 Å². The summed E-state index contributed by atoms with van der Waals surface area (Å²) >= 11 is 8.89. The third kappa shape index (κ3) is 5.04. The molecule has 164 valence electrons. The predicted molar refractivity (Wildman–Crippen MR) is 124 cm³/mol. The lowest BCUT2D eigenvalue weighted by Crippen LogP contribution is -2.30. The molecule has 1 N–H and O–H groups in total. The highest BCUT2D eigenvalue weighted by molar-refractivity contribution is 7.99. The molecule has 0 fully saturated rings. The number of aromatic nitrogens is 2. The second kappa shape index (κ2) is 9.45. The minimum atomic E-state index is -4.22. The number of amides is 1. The molecular weight excluding hydrogens is 490 g/mol. The number of carbonyl (C=O) groups is 1. The average Bonchev–Trinajstić information content (AvgIpc) is 3.45. The molecular formula is C21H16ClN3O4S3. The number of carbonyl (C=O) groups excluding carboxylic acids is 1. The SMILES string of the molecule is Cc1nnc(-c2cc(S(=O)(=O)NC(=O)c3cccs3)c(SCc3ccccc3)cc2Cl)o1. The standard InChI is InChI=1S/C21H16ClN3O4S3/c1-13-23-24-21(29-13)15-10-19(32(27,28)25-20(26)17-8-5-9-30-17)18(11-16(15)22)31-12-14-6-3-2-4-7-14/h2-11H,12H2,1H3,(H,25,26). The van der Waals surface area contributed by atoms with Crippen molar-refractivity contribution in [1.29, 1.82) is 0 Å². The van der Waals surface area contributed by atoms with Gasteiger partial charge >= 0.3 is 0 Å². The summed E-state index contributed by atoms with van der Waals surface area (Å²) in [7, 11) is -4.22. The van der Waals surface area contributed by atoms with Crippen LogP contribution in [-0.4, -0.2) is 24.5 Å². The molecule has 4 aromatic rings. The van der Waals surface area contributed by atoms with Gasteiger partial charge in [0, 0.05) is 17.6 Å². The number of nitrogens with one attached hydrogen (secondary N) is 1. The maximum atomic E-state index is 13.2. The molecule has 0 saturated carbocycles. The molecule has 0 aliphatic heterocycles. The summed E-state index contributed by atoms with van der Waals surface area (Å²) in [5.41, 5.74) is 1.27. The van der Waals surface area contributed by atoms with E-state index in [0.29, 0.717) is 16.5 Å². The van der Waals surface area contributed by atoms with Crippen molar-refractivity contribution in [2.75, 3.05) is 0 Å². The monoisotopic (exact) mass is 505 g/mol. The number of nitrogens with zero attached hydrogens (tertiary/aromatic N) is 2. The van der Waals surface area contributed by atoms with Gasteiger partial charge in [0.05, 0.1) is 15.5 Å². The molecule has 32 heavy (non-hydrogen) atoms. The molecule has 7 nitrogen and oxygen atoms in total. The predicted octanol–water partition coefficient (Wildman–Crippen LogP) is 5.17. The maximum absolute atomic E-state index is 13.2. The summed E-state index contributed by atoms with van der Waals surface area (Å²) in [6.45, 7) is 1.62. The molecule has 2 heterocycles. The molecule has 0 bridgehead atoms. The smallest absolute Gasteiger partial charge is 0.275 e. The Morgan fingerprint density at radius 2 is 1.94 bits per heavy atom. The summed E-state index contributed by atoms with van der Waals surface area (Å²) in [4.78, 5) is 13.0. The van der Waals surface area contributed by atoms with Crippen molar-refractivity contribution >= 4 is 50.6 Å². The fraction of sp³-hybridized carbons (Fsp3) is 0.0952. The molecule has 0 spiro atoms. The summed E-state index contributed by atoms with van der Waals surface area (Å²) < 4.78 is 34.0. The van der Waals surface area contributed by atoms with Gasteiger partial charge in [-0.1, -0.05) is 48.0 Å². The highest BCUT2D eigenvalue weighted by atomic mass is 35.5. The van der Waals surface area contributed by atoms with Crippen molar-refractivity contribution in [2.45, 2.75) is 22.5 Å². The first kappa shape index (κ1) is 22.5. The number of rotatable bonds is 7. The number of thioether (sulfide) groups is 1. The van der Waals surface area contributed by atoms with Gasteiger partial charge in [-0.2, -0.15) is 0 Å². The van der Waals surface area contributed by atoms with Gasteiger partial charge in [-0.25, -0.2) is 13.1 Å². The fourth-order valence-electron chi connectivity index (χ4n) is 2.80. The topological polar surface area (TPSA) is 102 Å². The second-order valence-corrected chi connectivity index (χ2v) is 10.6. The number of sulfonamides is 1. The van der Waals surface area contributed by atoms with Gasteiger partial charge in [0.2, 0.25) is 11.8 Å². The zero-order chi connectivity index (χ0) is 22.7. The molecule has 0 radical (unpaired) electrons. The van der Waals surface area contributed by atoms with Crippen molar-refractivity contribution in [2.24, 2.45) is 0 Å². The minimum absolute atomic E-state index is 0.0909. The molecule has 0 aliphatic rings. The molecule has 2 aromatic heterocycles. The quantitative estimate of drug-likeness (QED) is 0.345. The van der Waals surface area contributed by atoms with Crippen molar-refractivity contribution in [3.63, 3.8) is 0 Å². The Hall–Kier alpha value is -2.66. The summed E-state index contributed by atoms with van der Waals surface area (Å²) in [6, 6.07) is 15.7. The van der Waals surface area contributed by atoms with E-state index in [4.69, 9.17) is 16.0 Å². The van der Waals surface area contributed by atoms with Crippen LogP contribution in [0.3, 0.4) is 0 Å². The normalized spacial score (nSPS) is 11.4. The van der Waals surface area contributed by atoms with Gasteiger partial charge in [0.1, 0.15) is 4.90 Å². The van der Waals surface area contributed by atoms with E-state index in [9.17, 15) is 13.2 Å². The van der Waals surface area contributed by atoms with Crippen LogP contribution in [0.4, 0.5) is 0 Å². The van der Waals surface area contributed by atoms with Crippen LogP contribution >= 0.6 is 34.7 Å². The van der Waals surface area contributed by atoms with E-state index in [2.05, 4.69) is 14.9 Å². The van der Waals surface area contributed by atoms with Crippen LogP contribution in [0.1, 0.15) is 21.1 Å². The number of hydrogen-bond donors (Lipinski definition) is 1. The number of benzene rings is 2. The van der Waals surface area contributed by atoms with Crippen LogP contribution < -0.4 is 4.72 Å². The largest absolute Gasteiger partial charge is 0.421 e. The molecule has 0 unspecified atom stereocenters. The summed E-state index contributed by atoms with van der Waals surface area (Å²) in [6.07, 6.45) is 0.